The molecule has 0 saturated heterocycles. The zero-order valence-electron chi connectivity index (χ0n) is 12.3. The maximum atomic E-state index is 12.5. The quantitative estimate of drug-likeness (QED) is 0.748. The number of rotatable bonds is 4. The van der Waals surface area contributed by atoms with Gasteiger partial charge in [-0.2, -0.15) is 5.10 Å². The van der Waals surface area contributed by atoms with Crippen LogP contribution in [0.3, 0.4) is 0 Å². The number of nitrogens with zero attached hydrogens (tertiary/aromatic N) is 3. The van der Waals surface area contributed by atoms with Crippen LogP contribution in [-0.2, 0) is 6.54 Å². The molecule has 1 N–H and O–H groups in total. The minimum absolute atomic E-state index is 0.0921. The van der Waals surface area contributed by atoms with Crippen LogP contribution in [-0.4, -0.2) is 32.8 Å². The van der Waals surface area contributed by atoms with Crippen LogP contribution in [0.25, 0.3) is 11.0 Å². The van der Waals surface area contributed by atoms with Crippen molar-refractivity contribution in [1.29, 1.82) is 0 Å². The standard InChI is InChI=1S/C16H15N3O3/c1-3-19-16-13(9-18-19)15(21)12(8-17-16)14(20)10-4-6-11(22-2)7-5-10/h4-9H,3H2,1-2H3,(H,17,21). The Bertz CT molecular complexity index is 838. The first kappa shape index (κ1) is 14.1. The van der Waals surface area contributed by atoms with E-state index in [9.17, 15) is 9.90 Å². The van der Waals surface area contributed by atoms with Gasteiger partial charge in [0.25, 0.3) is 0 Å². The molecule has 1 aromatic carbocycles. The van der Waals surface area contributed by atoms with Crippen LogP contribution in [0, 0.1) is 0 Å². The predicted octanol–water partition coefficient (Wildman–Crippen LogP) is 2.40. The van der Waals surface area contributed by atoms with Crippen LogP contribution in [0.4, 0.5) is 0 Å². The molecular formula is C16H15N3O3. The van der Waals surface area contributed by atoms with E-state index in [2.05, 4.69) is 10.1 Å². The monoisotopic (exact) mass is 297 g/mol. The summed E-state index contributed by atoms with van der Waals surface area (Å²) in [6, 6.07) is 6.71. The highest BCUT2D eigenvalue weighted by Gasteiger charge is 2.18. The number of carbonyl (C=O) groups excluding carboxylic acids is 1. The van der Waals surface area contributed by atoms with Gasteiger partial charge in [-0.05, 0) is 31.2 Å². The van der Waals surface area contributed by atoms with E-state index < -0.39 is 0 Å². The van der Waals surface area contributed by atoms with Gasteiger partial charge in [0.1, 0.15) is 11.5 Å². The molecule has 0 aliphatic heterocycles. The van der Waals surface area contributed by atoms with Crippen molar-refractivity contribution >= 4 is 16.8 Å². The number of hydrogen-bond acceptors (Lipinski definition) is 5. The average Bonchev–Trinajstić information content (AvgIpc) is 2.99. The van der Waals surface area contributed by atoms with Gasteiger partial charge in [0.15, 0.2) is 11.4 Å². The van der Waals surface area contributed by atoms with Crippen LogP contribution < -0.4 is 4.74 Å². The molecule has 0 radical (unpaired) electrons. The van der Waals surface area contributed by atoms with Crippen molar-refractivity contribution in [2.75, 3.05) is 7.11 Å². The Morgan fingerprint density at radius 3 is 2.64 bits per heavy atom. The molecule has 3 rings (SSSR count). The van der Waals surface area contributed by atoms with E-state index in [-0.39, 0.29) is 17.1 Å². The van der Waals surface area contributed by atoms with Crippen LogP contribution in [0.5, 0.6) is 11.5 Å². The first-order valence-electron chi connectivity index (χ1n) is 6.88. The van der Waals surface area contributed by atoms with Crippen molar-refractivity contribution in [3.8, 4) is 11.5 Å². The first-order chi connectivity index (χ1) is 10.7. The number of ketones is 1. The number of benzene rings is 1. The highest BCUT2D eigenvalue weighted by Crippen LogP contribution is 2.28. The molecule has 22 heavy (non-hydrogen) atoms. The first-order valence-corrected chi connectivity index (χ1v) is 6.88. The fraction of sp³-hybridized carbons (Fsp3) is 0.188. The van der Waals surface area contributed by atoms with E-state index in [4.69, 9.17) is 4.74 Å². The third-order valence-electron chi connectivity index (χ3n) is 3.53. The summed E-state index contributed by atoms with van der Waals surface area (Å²) in [6.07, 6.45) is 2.91. The van der Waals surface area contributed by atoms with Crippen molar-refractivity contribution in [3.63, 3.8) is 0 Å². The summed E-state index contributed by atoms with van der Waals surface area (Å²) in [5.41, 5.74) is 1.18. The molecule has 0 bridgehead atoms. The van der Waals surface area contributed by atoms with Gasteiger partial charge < -0.3 is 9.84 Å². The van der Waals surface area contributed by atoms with Gasteiger partial charge in [-0.25, -0.2) is 9.67 Å². The molecule has 3 aromatic rings. The molecule has 0 spiro atoms. The summed E-state index contributed by atoms with van der Waals surface area (Å²) < 4.78 is 6.73. The van der Waals surface area contributed by atoms with Crippen molar-refractivity contribution < 1.29 is 14.6 Å². The number of carbonyl (C=O) groups is 1. The summed E-state index contributed by atoms with van der Waals surface area (Å²) in [5.74, 6) is 0.280. The summed E-state index contributed by atoms with van der Waals surface area (Å²) in [7, 11) is 1.56. The van der Waals surface area contributed by atoms with Gasteiger partial charge in [-0.15, -0.1) is 0 Å². The fourth-order valence-corrected chi connectivity index (χ4v) is 2.31. The third kappa shape index (κ3) is 2.18. The molecule has 6 nitrogen and oxygen atoms in total. The number of aryl methyl sites for hydroxylation is 1. The molecule has 0 fully saturated rings. The normalized spacial score (nSPS) is 10.8. The Morgan fingerprint density at radius 1 is 1.27 bits per heavy atom. The van der Waals surface area contributed by atoms with Crippen LogP contribution >= 0.6 is 0 Å². The van der Waals surface area contributed by atoms with Gasteiger partial charge in [0, 0.05) is 18.3 Å². The van der Waals surface area contributed by atoms with Crippen LogP contribution in [0.2, 0.25) is 0 Å². The molecule has 2 aromatic heterocycles. The van der Waals surface area contributed by atoms with Gasteiger partial charge in [-0.3, -0.25) is 4.79 Å². The highest BCUT2D eigenvalue weighted by molar-refractivity contribution is 6.12. The zero-order valence-corrected chi connectivity index (χ0v) is 12.3. The second-order valence-electron chi connectivity index (χ2n) is 4.78. The molecule has 0 atom stereocenters. The Kier molecular flexibility index (Phi) is 3.50. The lowest BCUT2D eigenvalue weighted by Gasteiger charge is -2.06. The molecule has 6 heteroatoms. The summed E-state index contributed by atoms with van der Waals surface area (Å²) in [4.78, 5) is 16.8. The second-order valence-corrected chi connectivity index (χ2v) is 4.78. The second kappa shape index (κ2) is 5.48. The molecule has 2 heterocycles. The molecule has 112 valence electrons. The fourth-order valence-electron chi connectivity index (χ4n) is 2.31. The number of methoxy groups -OCH3 is 1. The number of hydrogen-bond donors (Lipinski definition) is 1. The number of pyridine rings is 1. The van der Waals surface area contributed by atoms with Gasteiger partial charge in [-0.1, -0.05) is 0 Å². The van der Waals surface area contributed by atoms with Crippen molar-refractivity contribution in [1.82, 2.24) is 14.8 Å². The minimum Gasteiger partial charge on any atom is -0.506 e. The molecule has 0 saturated carbocycles. The molecular weight excluding hydrogens is 282 g/mol. The smallest absolute Gasteiger partial charge is 0.198 e. The van der Waals surface area contributed by atoms with E-state index in [1.807, 2.05) is 6.92 Å². The van der Waals surface area contributed by atoms with Crippen molar-refractivity contribution in [2.45, 2.75) is 13.5 Å². The average molecular weight is 297 g/mol. The van der Waals surface area contributed by atoms with E-state index in [1.165, 1.54) is 12.4 Å². The lowest BCUT2D eigenvalue weighted by Crippen LogP contribution is -2.04. The largest absolute Gasteiger partial charge is 0.506 e. The SMILES string of the molecule is CCn1ncc2c(O)c(C(=O)c3ccc(OC)cc3)cnc21. The Labute approximate surface area is 127 Å². The van der Waals surface area contributed by atoms with Crippen LogP contribution in [0.15, 0.2) is 36.7 Å². The maximum Gasteiger partial charge on any atom is 0.198 e. The maximum absolute atomic E-state index is 12.5. The van der Waals surface area contributed by atoms with Crippen LogP contribution in [0.1, 0.15) is 22.8 Å². The third-order valence-corrected chi connectivity index (χ3v) is 3.53. The van der Waals surface area contributed by atoms with Crippen molar-refractivity contribution in [3.05, 3.63) is 47.8 Å². The lowest BCUT2D eigenvalue weighted by atomic mass is 10.0. The number of aromatic hydroxyl groups is 1. The molecule has 0 aliphatic rings. The Balaban J connectivity index is 2.05. The van der Waals surface area contributed by atoms with E-state index >= 15 is 0 Å². The highest BCUT2D eigenvalue weighted by atomic mass is 16.5. The summed E-state index contributed by atoms with van der Waals surface area (Å²) in [5, 5.41) is 15.0. The van der Waals surface area contributed by atoms with Gasteiger partial charge in [0.05, 0.1) is 24.3 Å². The predicted molar refractivity (Wildman–Crippen MR) is 81.3 cm³/mol. The zero-order chi connectivity index (χ0) is 15.7. The van der Waals surface area contributed by atoms with Gasteiger partial charge >= 0.3 is 0 Å². The summed E-state index contributed by atoms with van der Waals surface area (Å²) >= 11 is 0. The van der Waals surface area contributed by atoms with Crippen molar-refractivity contribution in [2.24, 2.45) is 0 Å². The van der Waals surface area contributed by atoms with E-state index in [1.54, 1.807) is 36.1 Å². The number of ether oxygens (including phenoxy) is 1. The molecule has 0 aliphatic carbocycles. The lowest BCUT2D eigenvalue weighted by molar-refractivity contribution is 0.103. The Hall–Kier alpha value is -2.89. The minimum atomic E-state index is -0.293. The number of aromatic nitrogens is 3. The molecule has 0 amide bonds. The van der Waals surface area contributed by atoms with E-state index in [0.717, 1.165) is 0 Å². The van der Waals surface area contributed by atoms with E-state index in [0.29, 0.717) is 28.9 Å². The molecule has 0 unspecified atom stereocenters. The Morgan fingerprint density at radius 2 is 2.00 bits per heavy atom. The summed E-state index contributed by atoms with van der Waals surface area (Å²) in [6.45, 7) is 2.57. The number of fused-ring (bicyclic) bond motifs is 1. The topological polar surface area (TPSA) is 77.2 Å². The van der Waals surface area contributed by atoms with Gasteiger partial charge in [0.2, 0.25) is 0 Å².